The summed E-state index contributed by atoms with van der Waals surface area (Å²) < 4.78 is 29.3. The van der Waals surface area contributed by atoms with E-state index in [-0.39, 0.29) is 24.6 Å². The number of thiazole rings is 1. The van der Waals surface area contributed by atoms with Crippen LogP contribution in [0.5, 0.6) is 17.2 Å². The van der Waals surface area contributed by atoms with Crippen molar-refractivity contribution in [1.82, 2.24) is 4.98 Å². The van der Waals surface area contributed by atoms with Crippen LogP contribution in [0.15, 0.2) is 47.8 Å². The van der Waals surface area contributed by atoms with Crippen LogP contribution in [0.4, 0.5) is 4.39 Å². The van der Waals surface area contributed by atoms with Gasteiger partial charge in [-0.2, -0.15) is 0 Å². The van der Waals surface area contributed by atoms with E-state index in [9.17, 15) is 9.18 Å². The van der Waals surface area contributed by atoms with Crippen LogP contribution in [0.2, 0.25) is 0 Å². The van der Waals surface area contributed by atoms with Gasteiger partial charge in [0.05, 0.1) is 18.4 Å². The molecular weight excluding hydrogens is 371 g/mol. The summed E-state index contributed by atoms with van der Waals surface area (Å²) >= 11 is 1.42. The topological polar surface area (TPSA) is 83.7 Å². The van der Waals surface area contributed by atoms with Gasteiger partial charge in [-0.15, -0.1) is 11.3 Å². The molecule has 1 heterocycles. The van der Waals surface area contributed by atoms with Crippen LogP contribution in [0.3, 0.4) is 0 Å². The number of nitrogens with two attached hydrogens (primary N) is 1. The highest BCUT2D eigenvalue weighted by molar-refractivity contribution is 7.09. The van der Waals surface area contributed by atoms with Crippen molar-refractivity contribution >= 4 is 17.2 Å². The molecule has 0 saturated heterocycles. The van der Waals surface area contributed by atoms with E-state index in [1.165, 1.54) is 30.6 Å². The SMILES string of the molecule is COc1ccc(C(N)=O)c(OCc2csc(COc3ccc(F)cc3)n2)c1. The van der Waals surface area contributed by atoms with Crippen molar-refractivity contribution in [2.24, 2.45) is 5.73 Å². The molecule has 0 aliphatic rings. The second kappa shape index (κ2) is 8.50. The predicted molar refractivity (Wildman–Crippen MR) is 98.7 cm³/mol. The Balaban J connectivity index is 1.61. The van der Waals surface area contributed by atoms with Crippen molar-refractivity contribution < 1.29 is 23.4 Å². The van der Waals surface area contributed by atoms with Crippen LogP contribution < -0.4 is 19.9 Å². The molecule has 27 heavy (non-hydrogen) atoms. The molecule has 2 aromatic carbocycles. The number of benzene rings is 2. The summed E-state index contributed by atoms with van der Waals surface area (Å²) in [4.78, 5) is 15.9. The molecule has 3 rings (SSSR count). The van der Waals surface area contributed by atoms with E-state index in [1.54, 1.807) is 30.3 Å². The lowest BCUT2D eigenvalue weighted by Gasteiger charge is -2.10. The van der Waals surface area contributed by atoms with E-state index in [1.807, 2.05) is 5.38 Å². The monoisotopic (exact) mass is 388 g/mol. The molecule has 2 N–H and O–H groups in total. The van der Waals surface area contributed by atoms with Gasteiger partial charge in [0.25, 0.3) is 5.91 Å². The molecule has 0 fully saturated rings. The highest BCUT2D eigenvalue weighted by Crippen LogP contribution is 2.26. The summed E-state index contributed by atoms with van der Waals surface area (Å²) in [5.41, 5.74) is 6.33. The maximum atomic E-state index is 12.9. The molecule has 1 aromatic heterocycles. The lowest BCUT2D eigenvalue weighted by Crippen LogP contribution is -2.13. The number of carbonyl (C=O) groups is 1. The van der Waals surface area contributed by atoms with Crippen LogP contribution >= 0.6 is 11.3 Å². The van der Waals surface area contributed by atoms with Gasteiger partial charge in [-0.3, -0.25) is 4.79 Å². The normalized spacial score (nSPS) is 10.4. The molecule has 0 saturated carbocycles. The first kappa shape index (κ1) is 18.7. The van der Waals surface area contributed by atoms with E-state index in [0.717, 1.165) is 5.01 Å². The number of primary amides is 1. The summed E-state index contributed by atoms with van der Waals surface area (Å²) in [5.74, 6) is 0.552. The minimum atomic E-state index is -0.584. The zero-order valence-electron chi connectivity index (χ0n) is 14.5. The molecule has 0 aliphatic heterocycles. The summed E-state index contributed by atoms with van der Waals surface area (Å²) in [5, 5.41) is 2.59. The number of nitrogens with zero attached hydrogens (tertiary/aromatic N) is 1. The van der Waals surface area contributed by atoms with Gasteiger partial charge in [-0.1, -0.05) is 0 Å². The van der Waals surface area contributed by atoms with Gasteiger partial charge < -0.3 is 19.9 Å². The molecule has 1 amide bonds. The van der Waals surface area contributed by atoms with Gasteiger partial charge in [0.15, 0.2) is 0 Å². The molecule has 0 unspecified atom stereocenters. The Morgan fingerprint density at radius 3 is 2.56 bits per heavy atom. The van der Waals surface area contributed by atoms with Crippen LogP contribution in [0, 0.1) is 5.82 Å². The summed E-state index contributed by atoms with van der Waals surface area (Å²) in [6, 6.07) is 10.6. The second-order valence-electron chi connectivity index (χ2n) is 5.49. The third-order valence-electron chi connectivity index (χ3n) is 3.61. The molecule has 8 heteroatoms. The Labute approximate surface area is 159 Å². The predicted octanol–water partition coefficient (Wildman–Crippen LogP) is 3.55. The first-order valence-corrected chi connectivity index (χ1v) is 8.85. The van der Waals surface area contributed by atoms with Crippen molar-refractivity contribution in [2.75, 3.05) is 7.11 Å². The number of rotatable bonds is 8. The molecule has 0 bridgehead atoms. The Hall–Kier alpha value is -3.13. The van der Waals surface area contributed by atoms with Crippen molar-refractivity contribution in [3.63, 3.8) is 0 Å². The fourth-order valence-electron chi connectivity index (χ4n) is 2.26. The summed E-state index contributed by atoms with van der Waals surface area (Å²) in [6.07, 6.45) is 0. The zero-order chi connectivity index (χ0) is 19.2. The molecular formula is C19H17FN2O4S. The maximum Gasteiger partial charge on any atom is 0.252 e. The number of carbonyl (C=O) groups excluding carboxylic acids is 1. The second-order valence-corrected chi connectivity index (χ2v) is 6.43. The molecule has 3 aromatic rings. The fraction of sp³-hybridized carbons (Fsp3) is 0.158. The molecule has 140 valence electrons. The van der Waals surface area contributed by atoms with Crippen LogP contribution in [-0.2, 0) is 13.2 Å². The summed E-state index contributed by atoms with van der Waals surface area (Å²) in [7, 11) is 1.52. The highest BCUT2D eigenvalue weighted by atomic mass is 32.1. The van der Waals surface area contributed by atoms with Crippen LogP contribution in [0.25, 0.3) is 0 Å². The largest absolute Gasteiger partial charge is 0.497 e. The molecule has 0 atom stereocenters. The number of halogens is 1. The smallest absolute Gasteiger partial charge is 0.252 e. The number of hydrogen-bond donors (Lipinski definition) is 1. The molecule has 0 radical (unpaired) electrons. The summed E-state index contributed by atoms with van der Waals surface area (Å²) in [6.45, 7) is 0.433. The van der Waals surface area contributed by atoms with Gasteiger partial charge >= 0.3 is 0 Å². The Bertz CT molecular complexity index is 928. The average molecular weight is 388 g/mol. The molecule has 0 aliphatic carbocycles. The number of ether oxygens (including phenoxy) is 3. The van der Waals surface area contributed by atoms with E-state index in [0.29, 0.717) is 22.9 Å². The fourth-order valence-corrected chi connectivity index (χ4v) is 2.95. The van der Waals surface area contributed by atoms with E-state index in [2.05, 4.69) is 4.98 Å². The van der Waals surface area contributed by atoms with Gasteiger partial charge in [0.2, 0.25) is 0 Å². The van der Waals surface area contributed by atoms with Gasteiger partial charge in [-0.05, 0) is 36.4 Å². The van der Waals surface area contributed by atoms with Gasteiger partial charge in [0, 0.05) is 11.4 Å². The number of hydrogen-bond acceptors (Lipinski definition) is 6. The first-order valence-electron chi connectivity index (χ1n) is 7.97. The van der Waals surface area contributed by atoms with E-state index >= 15 is 0 Å². The highest BCUT2D eigenvalue weighted by Gasteiger charge is 2.12. The quantitative estimate of drug-likeness (QED) is 0.638. The molecule has 6 nitrogen and oxygen atoms in total. The van der Waals surface area contributed by atoms with E-state index in [4.69, 9.17) is 19.9 Å². The van der Waals surface area contributed by atoms with Crippen molar-refractivity contribution in [2.45, 2.75) is 13.2 Å². The minimum Gasteiger partial charge on any atom is -0.497 e. The Morgan fingerprint density at radius 2 is 1.85 bits per heavy atom. The number of methoxy groups -OCH3 is 1. The van der Waals surface area contributed by atoms with Gasteiger partial charge in [-0.25, -0.2) is 9.37 Å². The minimum absolute atomic E-state index is 0.167. The Kier molecular flexibility index (Phi) is 5.87. The zero-order valence-corrected chi connectivity index (χ0v) is 15.3. The third kappa shape index (κ3) is 4.95. The molecule has 0 spiro atoms. The van der Waals surface area contributed by atoms with E-state index < -0.39 is 5.91 Å². The third-order valence-corrected chi connectivity index (χ3v) is 4.48. The Morgan fingerprint density at radius 1 is 1.11 bits per heavy atom. The lowest BCUT2D eigenvalue weighted by atomic mass is 10.2. The van der Waals surface area contributed by atoms with Crippen LogP contribution in [0.1, 0.15) is 21.1 Å². The van der Waals surface area contributed by atoms with Crippen LogP contribution in [-0.4, -0.2) is 18.0 Å². The van der Waals surface area contributed by atoms with Crippen molar-refractivity contribution in [3.05, 3.63) is 69.9 Å². The first-order chi connectivity index (χ1) is 13.0. The maximum absolute atomic E-state index is 12.9. The van der Waals surface area contributed by atoms with Crippen molar-refractivity contribution in [3.8, 4) is 17.2 Å². The van der Waals surface area contributed by atoms with Crippen molar-refractivity contribution in [1.29, 1.82) is 0 Å². The lowest BCUT2D eigenvalue weighted by molar-refractivity contribution is 0.0995. The standard InChI is InChI=1S/C19H17FN2O4S/c1-24-15-6-7-16(19(21)23)17(8-15)26-9-13-11-27-18(22-13)10-25-14-4-2-12(20)3-5-14/h2-8,11H,9-10H2,1H3,(H2,21,23). The average Bonchev–Trinajstić information content (AvgIpc) is 3.13. The number of amides is 1. The van der Waals surface area contributed by atoms with Gasteiger partial charge in [0.1, 0.15) is 41.3 Å². The number of aromatic nitrogens is 1.